The number of hydrogen-bond acceptors (Lipinski definition) is 5. The summed E-state index contributed by atoms with van der Waals surface area (Å²) in [5.41, 5.74) is 0.946. The van der Waals surface area contributed by atoms with Crippen LogP contribution in [0.15, 0.2) is 18.2 Å². The zero-order chi connectivity index (χ0) is 12.5. The van der Waals surface area contributed by atoms with Gasteiger partial charge in [-0.3, -0.25) is 4.79 Å². The van der Waals surface area contributed by atoms with Gasteiger partial charge in [-0.15, -0.1) is 0 Å². The van der Waals surface area contributed by atoms with E-state index in [9.17, 15) is 4.79 Å². The number of hydrogen-bond donors (Lipinski definition) is 1. The van der Waals surface area contributed by atoms with Crippen LogP contribution in [-0.4, -0.2) is 37.6 Å². The number of carbonyl (C=O) groups excluding carboxylic acids is 1. The highest BCUT2D eigenvalue weighted by molar-refractivity contribution is 7.22. The van der Waals surface area contributed by atoms with E-state index in [1.807, 2.05) is 23.1 Å². The van der Waals surface area contributed by atoms with E-state index in [2.05, 4.69) is 10.3 Å². The summed E-state index contributed by atoms with van der Waals surface area (Å²) in [6, 6.07) is 5.81. The van der Waals surface area contributed by atoms with Crippen molar-refractivity contribution in [1.29, 1.82) is 0 Å². The van der Waals surface area contributed by atoms with E-state index >= 15 is 0 Å². The van der Waals surface area contributed by atoms with Gasteiger partial charge in [-0.05, 0) is 18.2 Å². The molecular weight excluding hydrogens is 250 g/mol. The highest BCUT2D eigenvalue weighted by atomic mass is 32.1. The van der Waals surface area contributed by atoms with E-state index in [0.29, 0.717) is 13.1 Å². The quantitative estimate of drug-likeness (QED) is 0.885. The average Bonchev–Trinajstić information content (AvgIpc) is 2.81. The summed E-state index contributed by atoms with van der Waals surface area (Å²) in [6.45, 7) is 1.87. The maximum atomic E-state index is 11.4. The number of fused-ring (bicyclic) bond motifs is 1. The lowest BCUT2D eigenvalue weighted by molar-refractivity contribution is -0.120. The fraction of sp³-hybridized carbons (Fsp3) is 0.333. The number of aromatic nitrogens is 1. The summed E-state index contributed by atoms with van der Waals surface area (Å²) >= 11 is 1.59. The fourth-order valence-electron chi connectivity index (χ4n) is 1.96. The lowest BCUT2D eigenvalue weighted by atomic mass is 10.3. The molecule has 0 saturated carbocycles. The molecule has 0 atom stereocenters. The lowest BCUT2D eigenvalue weighted by Gasteiger charge is -2.25. The third kappa shape index (κ3) is 1.99. The van der Waals surface area contributed by atoms with Crippen molar-refractivity contribution in [2.24, 2.45) is 0 Å². The van der Waals surface area contributed by atoms with Crippen LogP contribution in [0.1, 0.15) is 0 Å². The number of methoxy groups -OCH3 is 1. The molecule has 0 unspecified atom stereocenters. The molecule has 0 spiro atoms. The molecule has 5 nitrogen and oxygen atoms in total. The summed E-state index contributed by atoms with van der Waals surface area (Å²) in [6.07, 6.45) is 0. The predicted molar refractivity (Wildman–Crippen MR) is 71.4 cm³/mol. The number of amides is 1. The maximum absolute atomic E-state index is 11.4. The number of carbonyl (C=O) groups is 1. The molecule has 0 bridgehead atoms. The van der Waals surface area contributed by atoms with E-state index in [-0.39, 0.29) is 5.91 Å². The number of benzene rings is 1. The Hall–Kier alpha value is -1.82. The largest absolute Gasteiger partial charge is 0.497 e. The topological polar surface area (TPSA) is 54.5 Å². The molecule has 6 heteroatoms. The molecule has 0 aliphatic carbocycles. The first kappa shape index (κ1) is 11.3. The first-order chi connectivity index (χ1) is 8.76. The van der Waals surface area contributed by atoms with Crippen molar-refractivity contribution in [3.05, 3.63) is 18.2 Å². The normalized spacial score (nSPS) is 15.8. The van der Waals surface area contributed by atoms with Gasteiger partial charge in [-0.1, -0.05) is 11.3 Å². The Bertz CT molecular complexity index is 596. The van der Waals surface area contributed by atoms with E-state index in [1.54, 1.807) is 18.4 Å². The van der Waals surface area contributed by atoms with Crippen molar-refractivity contribution in [2.75, 3.05) is 31.6 Å². The first-order valence-corrected chi connectivity index (χ1v) is 6.54. The zero-order valence-corrected chi connectivity index (χ0v) is 10.8. The highest BCUT2D eigenvalue weighted by Gasteiger charge is 2.19. The molecule has 1 aromatic heterocycles. The monoisotopic (exact) mass is 263 g/mol. The van der Waals surface area contributed by atoms with Crippen molar-refractivity contribution in [2.45, 2.75) is 0 Å². The summed E-state index contributed by atoms with van der Waals surface area (Å²) in [5.74, 6) is 0.882. The third-order valence-electron chi connectivity index (χ3n) is 2.89. The molecule has 1 saturated heterocycles. The van der Waals surface area contributed by atoms with Gasteiger partial charge in [0.15, 0.2) is 5.13 Å². The van der Waals surface area contributed by atoms with Gasteiger partial charge in [-0.2, -0.15) is 0 Å². The van der Waals surface area contributed by atoms with E-state index in [4.69, 9.17) is 4.74 Å². The van der Waals surface area contributed by atoms with Gasteiger partial charge in [0, 0.05) is 13.1 Å². The summed E-state index contributed by atoms with van der Waals surface area (Å²) in [4.78, 5) is 17.9. The summed E-state index contributed by atoms with van der Waals surface area (Å²) in [7, 11) is 1.65. The van der Waals surface area contributed by atoms with E-state index in [0.717, 1.165) is 27.6 Å². The number of piperazine rings is 1. The highest BCUT2D eigenvalue weighted by Crippen LogP contribution is 2.31. The molecule has 1 amide bonds. The SMILES string of the molecule is COc1ccc2nc(N3CCNC(=O)C3)sc2c1. The van der Waals surface area contributed by atoms with E-state index < -0.39 is 0 Å². The Kier molecular flexibility index (Phi) is 2.79. The number of anilines is 1. The van der Waals surface area contributed by atoms with Crippen molar-refractivity contribution in [3.8, 4) is 5.75 Å². The lowest BCUT2D eigenvalue weighted by Crippen LogP contribution is -2.47. The minimum absolute atomic E-state index is 0.0538. The maximum Gasteiger partial charge on any atom is 0.239 e. The molecule has 1 N–H and O–H groups in total. The van der Waals surface area contributed by atoms with Gasteiger partial charge in [-0.25, -0.2) is 4.98 Å². The minimum atomic E-state index is 0.0538. The molecule has 94 valence electrons. The molecule has 1 aromatic carbocycles. The second-order valence-corrected chi connectivity index (χ2v) is 5.11. The standard InChI is InChI=1S/C12H13N3O2S/c1-17-8-2-3-9-10(6-8)18-12(14-9)15-5-4-13-11(16)7-15/h2-3,6H,4-5,7H2,1H3,(H,13,16). The van der Waals surface area contributed by atoms with E-state index in [1.165, 1.54) is 0 Å². The number of ether oxygens (including phenoxy) is 1. The zero-order valence-electron chi connectivity index (χ0n) is 9.97. The van der Waals surface area contributed by atoms with Crippen molar-refractivity contribution >= 4 is 32.6 Å². The molecule has 0 radical (unpaired) electrons. The second-order valence-electron chi connectivity index (χ2n) is 4.10. The molecule has 1 fully saturated rings. The number of nitrogens with one attached hydrogen (secondary N) is 1. The molecular formula is C12H13N3O2S. The van der Waals surface area contributed by atoms with Crippen LogP contribution in [0, 0.1) is 0 Å². The molecule has 3 rings (SSSR count). The van der Waals surface area contributed by atoms with Crippen LogP contribution in [0.5, 0.6) is 5.75 Å². The van der Waals surface area contributed by atoms with Gasteiger partial charge in [0.1, 0.15) is 5.75 Å². The van der Waals surface area contributed by atoms with Gasteiger partial charge < -0.3 is 15.0 Å². The summed E-state index contributed by atoms with van der Waals surface area (Å²) in [5, 5.41) is 3.71. The first-order valence-electron chi connectivity index (χ1n) is 5.72. The Morgan fingerprint density at radius 1 is 1.50 bits per heavy atom. The molecule has 2 heterocycles. The van der Waals surface area contributed by atoms with Crippen molar-refractivity contribution in [1.82, 2.24) is 10.3 Å². The third-order valence-corrected chi connectivity index (χ3v) is 3.97. The number of rotatable bonds is 2. The van der Waals surface area contributed by atoms with Crippen LogP contribution < -0.4 is 15.0 Å². The number of thiazole rings is 1. The minimum Gasteiger partial charge on any atom is -0.497 e. The van der Waals surface area contributed by atoms with Crippen LogP contribution in [-0.2, 0) is 4.79 Å². The Balaban J connectivity index is 1.94. The summed E-state index contributed by atoms with van der Waals surface area (Å²) < 4.78 is 6.27. The predicted octanol–water partition coefficient (Wildman–Crippen LogP) is 1.24. The molecule has 1 aliphatic rings. The van der Waals surface area contributed by atoms with Crippen LogP contribution in [0.3, 0.4) is 0 Å². The van der Waals surface area contributed by atoms with Crippen LogP contribution in [0.2, 0.25) is 0 Å². The number of nitrogens with zero attached hydrogens (tertiary/aromatic N) is 2. The van der Waals surface area contributed by atoms with Gasteiger partial charge in [0.05, 0.1) is 23.9 Å². The Morgan fingerprint density at radius 3 is 3.17 bits per heavy atom. The average molecular weight is 263 g/mol. The smallest absolute Gasteiger partial charge is 0.239 e. The Labute approximate surface area is 108 Å². The molecule has 1 aliphatic heterocycles. The van der Waals surface area contributed by atoms with Crippen LogP contribution in [0.25, 0.3) is 10.2 Å². The van der Waals surface area contributed by atoms with Crippen molar-refractivity contribution < 1.29 is 9.53 Å². The van der Waals surface area contributed by atoms with Crippen LogP contribution >= 0.6 is 11.3 Å². The second kappa shape index (κ2) is 4.45. The van der Waals surface area contributed by atoms with Crippen molar-refractivity contribution in [3.63, 3.8) is 0 Å². The van der Waals surface area contributed by atoms with Gasteiger partial charge >= 0.3 is 0 Å². The van der Waals surface area contributed by atoms with Crippen LogP contribution in [0.4, 0.5) is 5.13 Å². The van der Waals surface area contributed by atoms with Gasteiger partial charge in [0.25, 0.3) is 0 Å². The molecule has 2 aromatic rings. The van der Waals surface area contributed by atoms with Gasteiger partial charge in [0.2, 0.25) is 5.91 Å². The molecule has 18 heavy (non-hydrogen) atoms. The Morgan fingerprint density at radius 2 is 2.39 bits per heavy atom. The fourth-order valence-corrected chi connectivity index (χ4v) is 2.98.